The first-order chi connectivity index (χ1) is 11.5. The average Bonchev–Trinajstić information content (AvgIpc) is 2.85. The van der Waals surface area contributed by atoms with E-state index < -0.39 is 11.4 Å². The summed E-state index contributed by atoms with van der Waals surface area (Å²) in [5.74, 6) is 0.0444. The van der Waals surface area contributed by atoms with E-state index in [2.05, 4.69) is 10.5 Å². The van der Waals surface area contributed by atoms with Crippen LogP contribution in [0.5, 0.6) is 0 Å². The molecule has 0 spiro atoms. The first-order valence-corrected chi connectivity index (χ1v) is 9.07. The number of nitrogens with one attached hydrogen (secondary N) is 1. The fourth-order valence-corrected chi connectivity index (χ4v) is 4.73. The number of hydrogen-bond acceptors (Lipinski definition) is 4. The van der Waals surface area contributed by atoms with Crippen LogP contribution in [-0.4, -0.2) is 27.7 Å². The molecule has 3 saturated carbocycles. The maximum atomic E-state index is 12.8. The van der Waals surface area contributed by atoms with E-state index in [9.17, 15) is 14.7 Å². The van der Waals surface area contributed by atoms with Gasteiger partial charge >= 0.3 is 5.97 Å². The van der Waals surface area contributed by atoms with Crippen LogP contribution in [0.3, 0.4) is 0 Å². The van der Waals surface area contributed by atoms with E-state index in [1.165, 1.54) is 0 Å². The van der Waals surface area contributed by atoms with Crippen LogP contribution in [0, 0.1) is 5.41 Å². The average molecular weight is 332 g/mol. The van der Waals surface area contributed by atoms with Crippen LogP contribution in [0.15, 0.2) is 4.52 Å². The van der Waals surface area contributed by atoms with Crippen molar-refractivity contribution in [2.75, 3.05) is 0 Å². The van der Waals surface area contributed by atoms with E-state index >= 15 is 0 Å². The zero-order valence-corrected chi connectivity index (χ0v) is 13.9. The number of fused-ring (bicyclic) bond motifs is 4. The van der Waals surface area contributed by atoms with Crippen molar-refractivity contribution in [1.82, 2.24) is 10.5 Å². The Labute approximate surface area is 141 Å². The van der Waals surface area contributed by atoms with Gasteiger partial charge in [-0.05, 0) is 57.8 Å². The number of carboxylic acids is 1. The molecule has 6 heteroatoms. The summed E-state index contributed by atoms with van der Waals surface area (Å²) >= 11 is 0. The van der Waals surface area contributed by atoms with Gasteiger partial charge in [0.05, 0.1) is 5.41 Å². The van der Waals surface area contributed by atoms with Gasteiger partial charge < -0.3 is 14.9 Å². The molecule has 4 aliphatic carbocycles. The lowest BCUT2D eigenvalue weighted by Gasteiger charge is -2.51. The monoisotopic (exact) mass is 332 g/mol. The van der Waals surface area contributed by atoms with Crippen molar-refractivity contribution in [1.29, 1.82) is 0 Å². The first kappa shape index (κ1) is 15.7. The molecule has 0 radical (unpaired) electrons. The number of carbonyl (C=O) groups is 2. The van der Waals surface area contributed by atoms with Crippen LogP contribution in [0.2, 0.25) is 0 Å². The summed E-state index contributed by atoms with van der Waals surface area (Å²) in [7, 11) is 0. The van der Waals surface area contributed by atoms with Crippen molar-refractivity contribution in [3.05, 3.63) is 17.0 Å². The third-order valence-corrected chi connectivity index (χ3v) is 6.49. The minimum atomic E-state index is -0.677. The van der Waals surface area contributed by atoms with Gasteiger partial charge in [-0.15, -0.1) is 0 Å². The molecular formula is C18H24N2O4. The molecule has 1 aromatic rings. The van der Waals surface area contributed by atoms with E-state index in [1.54, 1.807) is 0 Å². The maximum absolute atomic E-state index is 12.8. The standard InChI is InChI=1S/C18H24N2O4/c21-15(14-12-4-2-1-3-5-13(12)24-20-14)19-18-9-6-17(7-10-18,8-11-18)16(22)23/h1-11H2,(H,19,21)(H,22,23). The molecular weight excluding hydrogens is 308 g/mol. The largest absolute Gasteiger partial charge is 0.481 e. The summed E-state index contributed by atoms with van der Waals surface area (Å²) in [5.41, 5.74) is 0.609. The van der Waals surface area contributed by atoms with Crippen molar-refractivity contribution >= 4 is 11.9 Å². The fraction of sp³-hybridized carbons (Fsp3) is 0.722. The predicted molar refractivity (Wildman–Crippen MR) is 85.7 cm³/mol. The van der Waals surface area contributed by atoms with Gasteiger partial charge in [-0.3, -0.25) is 9.59 Å². The smallest absolute Gasteiger partial charge is 0.309 e. The molecule has 1 heterocycles. The Kier molecular flexibility index (Phi) is 3.66. The number of nitrogens with zero attached hydrogens (tertiary/aromatic N) is 1. The number of aromatic nitrogens is 1. The lowest BCUT2D eigenvalue weighted by molar-refractivity contribution is -0.156. The van der Waals surface area contributed by atoms with Crippen LogP contribution in [0.4, 0.5) is 0 Å². The Balaban J connectivity index is 1.50. The molecule has 4 aliphatic rings. The van der Waals surface area contributed by atoms with Gasteiger partial charge in [0.1, 0.15) is 5.76 Å². The van der Waals surface area contributed by atoms with Gasteiger partial charge in [0.15, 0.2) is 5.69 Å². The molecule has 1 aromatic heterocycles. The summed E-state index contributed by atoms with van der Waals surface area (Å²) < 4.78 is 5.41. The lowest BCUT2D eigenvalue weighted by Crippen LogP contribution is -2.58. The molecule has 0 atom stereocenters. The first-order valence-electron chi connectivity index (χ1n) is 9.07. The van der Waals surface area contributed by atoms with Gasteiger partial charge in [-0.1, -0.05) is 11.6 Å². The highest BCUT2D eigenvalue weighted by atomic mass is 16.5. The highest BCUT2D eigenvalue weighted by molar-refractivity contribution is 5.94. The van der Waals surface area contributed by atoms with Crippen molar-refractivity contribution in [3.63, 3.8) is 0 Å². The zero-order valence-electron chi connectivity index (χ0n) is 13.9. The number of aliphatic carboxylic acids is 1. The Morgan fingerprint density at radius 1 is 1.00 bits per heavy atom. The van der Waals surface area contributed by atoms with Crippen LogP contribution in [0.25, 0.3) is 0 Å². The number of aryl methyl sites for hydroxylation is 1. The highest BCUT2D eigenvalue weighted by Gasteiger charge is 2.53. The maximum Gasteiger partial charge on any atom is 0.309 e. The van der Waals surface area contributed by atoms with Crippen molar-refractivity contribution in [3.8, 4) is 0 Å². The van der Waals surface area contributed by atoms with Crippen LogP contribution >= 0.6 is 0 Å². The molecule has 0 saturated heterocycles. The molecule has 3 fully saturated rings. The zero-order chi connectivity index (χ0) is 16.8. The molecule has 0 unspecified atom stereocenters. The second-order valence-corrected chi connectivity index (χ2v) is 7.81. The fourth-order valence-electron chi connectivity index (χ4n) is 4.73. The SMILES string of the molecule is O=C(NC12CCC(C(=O)O)(CC1)CC2)c1noc2c1CCCCC2. The number of hydrogen-bond donors (Lipinski definition) is 2. The van der Waals surface area contributed by atoms with Crippen molar-refractivity contribution < 1.29 is 19.2 Å². The summed E-state index contributed by atoms with van der Waals surface area (Å²) in [6, 6.07) is 0. The molecule has 5 rings (SSSR count). The Morgan fingerprint density at radius 3 is 2.33 bits per heavy atom. The Morgan fingerprint density at radius 2 is 1.67 bits per heavy atom. The van der Waals surface area contributed by atoms with Crippen LogP contribution < -0.4 is 5.32 Å². The molecule has 1 amide bonds. The number of carbonyl (C=O) groups excluding carboxylic acids is 1. The molecule has 24 heavy (non-hydrogen) atoms. The van der Waals surface area contributed by atoms with Gasteiger partial charge in [0.2, 0.25) is 0 Å². The second-order valence-electron chi connectivity index (χ2n) is 7.81. The highest BCUT2D eigenvalue weighted by Crippen LogP contribution is 2.52. The van der Waals surface area contributed by atoms with E-state index in [0.29, 0.717) is 25.0 Å². The molecule has 2 bridgehead atoms. The second kappa shape index (κ2) is 5.60. The number of rotatable bonds is 3. The van der Waals surface area contributed by atoms with Gasteiger partial charge in [-0.2, -0.15) is 0 Å². The normalized spacial score (nSPS) is 32.0. The van der Waals surface area contributed by atoms with E-state index in [-0.39, 0.29) is 11.4 Å². The third kappa shape index (κ3) is 2.43. The number of carboxylic acid groups (broad SMARTS) is 1. The molecule has 0 aromatic carbocycles. The van der Waals surface area contributed by atoms with Gasteiger partial charge in [0.25, 0.3) is 5.91 Å². The number of amides is 1. The van der Waals surface area contributed by atoms with E-state index in [0.717, 1.165) is 62.7 Å². The van der Waals surface area contributed by atoms with Gasteiger partial charge in [0, 0.05) is 17.5 Å². The molecule has 130 valence electrons. The van der Waals surface area contributed by atoms with Crippen LogP contribution in [-0.2, 0) is 17.6 Å². The van der Waals surface area contributed by atoms with Crippen molar-refractivity contribution in [2.24, 2.45) is 5.41 Å². The van der Waals surface area contributed by atoms with Gasteiger partial charge in [-0.25, -0.2) is 0 Å². The summed E-state index contributed by atoms with van der Waals surface area (Å²) in [4.78, 5) is 24.3. The molecule has 0 aliphatic heterocycles. The third-order valence-electron chi connectivity index (χ3n) is 6.49. The quantitative estimate of drug-likeness (QED) is 0.830. The predicted octanol–water partition coefficient (Wildman–Crippen LogP) is 2.85. The van der Waals surface area contributed by atoms with E-state index in [4.69, 9.17) is 4.52 Å². The molecule has 6 nitrogen and oxygen atoms in total. The lowest BCUT2D eigenvalue weighted by atomic mass is 9.57. The Bertz CT molecular complexity index is 654. The topological polar surface area (TPSA) is 92.4 Å². The van der Waals surface area contributed by atoms with Crippen LogP contribution in [0.1, 0.15) is 79.6 Å². The minimum absolute atomic E-state index is 0.147. The Hall–Kier alpha value is -1.85. The molecule has 2 N–H and O–H groups in total. The van der Waals surface area contributed by atoms with Crippen molar-refractivity contribution in [2.45, 2.75) is 76.2 Å². The summed E-state index contributed by atoms with van der Waals surface area (Å²) in [5, 5.41) is 16.7. The van der Waals surface area contributed by atoms with E-state index in [1.807, 2.05) is 0 Å². The summed E-state index contributed by atoms with van der Waals surface area (Å²) in [6.45, 7) is 0. The minimum Gasteiger partial charge on any atom is -0.481 e. The summed E-state index contributed by atoms with van der Waals surface area (Å²) in [6.07, 6.45) is 9.22.